The standard InChI is InChI=1S/C45H48N4O3/c1-2-3-21-38(43(46)50)39(27-31-13-11-14-31)44(51)47-40-30-48(37-19-5-4-6-20-37)41-22-9-10-23-42(41)49(45(40)52)29-32-15-12-18-34(26-32)36-25-24-33-16-7-8-17-35(33)28-36/h4-10,12,15-20,22-26,28,31,38-40H,2-3,11,13-14,21,27,29-30H2,1H3,(H2,46,50)(H,47,51)/t38-,39+,40?/m0/s1. The van der Waals surface area contributed by atoms with Crippen LogP contribution < -0.4 is 20.9 Å². The van der Waals surface area contributed by atoms with Crippen LogP contribution in [0.2, 0.25) is 0 Å². The van der Waals surface area contributed by atoms with Gasteiger partial charge in [0.15, 0.2) is 0 Å². The summed E-state index contributed by atoms with van der Waals surface area (Å²) in [5.74, 6) is -1.65. The molecular weight excluding hydrogens is 645 g/mol. The lowest BCUT2D eigenvalue weighted by Crippen LogP contribution is -2.54. The Labute approximate surface area is 306 Å². The molecule has 5 aromatic rings. The number of fused-ring (bicyclic) bond motifs is 2. The predicted octanol–water partition coefficient (Wildman–Crippen LogP) is 8.77. The number of nitrogens with zero attached hydrogens (tertiary/aromatic N) is 2. The summed E-state index contributed by atoms with van der Waals surface area (Å²) in [6.45, 7) is 2.63. The van der Waals surface area contributed by atoms with Crippen molar-refractivity contribution in [3.63, 3.8) is 0 Å². The summed E-state index contributed by atoms with van der Waals surface area (Å²) in [5, 5.41) is 5.56. The Morgan fingerprint density at radius 3 is 2.23 bits per heavy atom. The number of nitrogens with two attached hydrogens (primary N) is 1. The van der Waals surface area contributed by atoms with Gasteiger partial charge in [0.05, 0.1) is 24.5 Å². The quantitative estimate of drug-likeness (QED) is 0.129. The maximum absolute atomic E-state index is 14.9. The van der Waals surface area contributed by atoms with Crippen molar-refractivity contribution in [2.45, 2.75) is 64.5 Å². The smallest absolute Gasteiger partial charge is 0.251 e. The molecule has 3 atom stereocenters. The molecule has 1 heterocycles. The maximum Gasteiger partial charge on any atom is 0.251 e. The van der Waals surface area contributed by atoms with Crippen molar-refractivity contribution < 1.29 is 14.4 Å². The Morgan fingerprint density at radius 1 is 0.788 bits per heavy atom. The number of rotatable bonds is 13. The summed E-state index contributed by atoms with van der Waals surface area (Å²) in [4.78, 5) is 46.1. The van der Waals surface area contributed by atoms with Crippen LogP contribution in [0.4, 0.5) is 17.1 Å². The van der Waals surface area contributed by atoms with Crippen LogP contribution in [0.1, 0.15) is 57.4 Å². The number of amides is 3. The Morgan fingerprint density at radius 2 is 1.50 bits per heavy atom. The molecule has 0 radical (unpaired) electrons. The summed E-state index contributed by atoms with van der Waals surface area (Å²) in [6, 6.07) is 40.2. The number of unbranched alkanes of at least 4 members (excludes halogenated alkanes) is 1. The van der Waals surface area contributed by atoms with Crippen molar-refractivity contribution in [3.8, 4) is 11.1 Å². The van der Waals surface area contributed by atoms with E-state index in [0.29, 0.717) is 25.3 Å². The first kappa shape index (κ1) is 35.0. The molecule has 5 aromatic carbocycles. The third kappa shape index (κ3) is 7.59. The van der Waals surface area contributed by atoms with Crippen LogP contribution in [0, 0.1) is 17.8 Å². The molecule has 0 saturated heterocycles. The minimum Gasteiger partial charge on any atom is -0.369 e. The van der Waals surface area contributed by atoms with E-state index in [0.717, 1.165) is 65.9 Å². The van der Waals surface area contributed by atoms with Crippen LogP contribution in [0.15, 0.2) is 121 Å². The van der Waals surface area contributed by atoms with Crippen molar-refractivity contribution in [1.29, 1.82) is 0 Å². The number of carbonyl (C=O) groups excluding carboxylic acids is 3. The van der Waals surface area contributed by atoms with Gasteiger partial charge in [-0.2, -0.15) is 0 Å². The molecule has 266 valence electrons. The fourth-order valence-electron chi connectivity index (χ4n) is 7.90. The predicted molar refractivity (Wildman–Crippen MR) is 210 cm³/mol. The molecule has 0 aromatic heterocycles. The molecule has 0 spiro atoms. The molecule has 1 fully saturated rings. The molecule has 0 bridgehead atoms. The van der Waals surface area contributed by atoms with Crippen LogP contribution >= 0.6 is 0 Å². The van der Waals surface area contributed by atoms with Crippen molar-refractivity contribution in [2.75, 3.05) is 16.3 Å². The second-order valence-corrected chi connectivity index (χ2v) is 14.5. The molecular formula is C45H48N4O3. The number of para-hydroxylation sites is 3. The largest absolute Gasteiger partial charge is 0.369 e. The highest BCUT2D eigenvalue weighted by molar-refractivity contribution is 6.04. The third-order valence-corrected chi connectivity index (χ3v) is 11.0. The summed E-state index contributed by atoms with van der Waals surface area (Å²) in [5.41, 5.74) is 11.7. The van der Waals surface area contributed by atoms with Gasteiger partial charge in [-0.25, -0.2) is 0 Å². The van der Waals surface area contributed by atoms with Gasteiger partial charge >= 0.3 is 0 Å². The number of anilines is 3. The van der Waals surface area contributed by atoms with Gasteiger partial charge in [-0.1, -0.05) is 124 Å². The van der Waals surface area contributed by atoms with E-state index in [-0.39, 0.29) is 18.4 Å². The summed E-state index contributed by atoms with van der Waals surface area (Å²) >= 11 is 0. The first-order valence-electron chi connectivity index (χ1n) is 18.8. The highest BCUT2D eigenvalue weighted by Gasteiger charge is 2.40. The minimum absolute atomic E-state index is 0.193. The van der Waals surface area contributed by atoms with Crippen molar-refractivity contribution in [3.05, 3.63) is 127 Å². The topological polar surface area (TPSA) is 95.7 Å². The highest BCUT2D eigenvalue weighted by atomic mass is 16.2. The van der Waals surface area contributed by atoms with Gasteiger partial charge in [-0.05, 0) is 82.6 Å². The van der Waals surface area contributed by atoms with Crippen LogP contribution in [0.3, 0.4) is 0 Å². The van der Waals surface area contributed by atoms with Crippen molar-refractivity contribution in [1.82, 2.24) is 5.32 Å². The van der Waals surface area contributed by atoms with E-state index < -0.39 is 23.8 Å². The third-order valence-electron chi connectivity index (χ3n) is 11.0. The van der Waals surface area contributed by atoms with Gasteiger partial charge < -0.3 is 20.9 Å². The fraction of sp³-hybridized carbons (Fsp3) is 0.311. The van der Waals surface area contributed by atoms with E-state index >= 15 is 0 Å². The zero-order chi connectivity index (χ0) is 36.0. The fourth-order valence-corrected chi connectivity index (χ4v) is 7.90. The van der Waals surface area contributed by atoms with Gasteiger partial charge in [-0.3, -0.25) is 14.4 Å². The van der Waals surface area contributed by atoms with E-state index in [4.69, 9.17) is 5.73 Å². The van der Waals surface area contributed by atoms with Gasteiger partial charge in [0.25, 0.3) is 5.91 Å². The molecule has 1 unspecified atom stereocenters. The van der Waals surface area contributed by atoms with Crippen LogP contribution in [-0.2, 0) is 20.9 Å². The van der Waals surface area contributed by atoms with E-state index in [1.807, 2.05) is 83.8 Å². The Hall–Kier alpha value is -5.43. The number of hydrogen-bond donors (Lipinski definition) is 2. The molecule has 1 saturated carbocycles. The molecule has 7 rings (SSSR count). The average Bonchev–Trinajstić information content (AvgIpc) is 3.26. The molecule has 2 aliphatic rings. The normalized spacial score (nSPS) is 17.2. The number of primary amides is 1. The van der Waals surface area contributed by atoms with Crippen LogP contribution in [0.5, 0.6) is 0 Å². The van der Waals surface area contributed by atoms with E-state index in [9.17, 15) is 14.4 Å². The van der Waals surface area contributed by atoms with Gasteiger partial charge in [0, 0.05) is 17.5 Å². The maximum atomic E-state index is 14.9. The van der Waals surface area contributed by atoms with Gasteiger partial charge in [-0.15, -0.1) is 0 Å². The number of hydrogen-bond acceptors (Lipinski definition) is 4. The summed E-state index contributed by atoms with van der Waals surface area (Å²) in [6.07, 6.45) is 6.13. The average molecular weight is 693 g/mol. The monoisotopic (exact) mass is 692 g/mol. The Balaban J connectivity index is 1.24. The second kappa shape index (κ2) is 15.9. The molecule has 1 aliphatic heterocycles. The Bertz CT molecular complexity index is 2040. The zero-order valence-corrected chi connectivity index (χ0v) is 29.9. The minimum atomic E-state index is -0.868. The molecule has 1 aliphatic carbocycles. The summed E-state index contributed by atoms with van der Waals surface area (Å²) in [7, 11) is 0. The first-order valence-corrected chi connectivity index (χ1v) is 18.8. The number of nitrogens with one attached hydrogen (secondary N) is 1. The number of carbonyl (C=O) groups is 3. The molecule has 3 N–H and O–H groups in total. The first-order chi connectivity index (χ1) is 25.4. The van der Waals surface area contributed by atoms with Gasteiger partial charge in [0.1, 0.15) is 6.04 Å². The van der Waals surface area contributed by atoms with E-state index in [1.165, 1.54) is 10.8 Å². The molecule has 7 heteroatoms. The van der Waals surface area contributed by atoms with E-state index in [1.54, 1.807) is 0 Å². The highest BCUT2D eigenvalue weighted by Crippen LogP contribution is 2.40. The van der Waals surface area contributed by atoms with Crippen molar-refractivity contribution >= 4 is 45.6 Å². The lowest BCUT2D eigenvalue weighted by atomic mass is 9.73. The Kier molecular flexibility index (Phi) is 10.7. The van der Waals surface area contributed by atoms with Crippen LogP contribution in [0.25, 0.3) is 21.9 Å². The van der Waals surface area contributed by atoms with E-state index in [2.05, 4.69) is 59.6 Å². The zero-order valence-electron chi connectivity index (χ0n) is 29.9. The summed E-state index contributed by atoms with van der Waals surface area (Å²) < 4.78 is 0. The molecule has 7 nitrogen and oxygen atoms in total. The lowest BCUT2D eigenvalue weighted by Gasteiger charge is -2.34. The van der Waals surface area contributed by atoms with Gasteiger partial charge in [0.2, 0.25) is 11.8 Å². The second-order valence-electron chi connectivity index (χ2n) is 14.5. The lowest BCUT2D eigenvalue weighted by molar-refractivity contribution is -0.136. The van der Waals surface area contributed by atoms with Crippen molar-refractivity contribution in [2.24, 2.45) is 23.5 Å². The SMILES string of the molecule is CCCC[C@H](C(N)=O)[C@@H](CC1CCC1)C(=O)NC1CN(c2ccccc2)c2ccccc2N(Cc2cccc(-c3ccc4ccccc4c3)c2)C1=O. The van der Waals surface area contributed by atoms with Crippen LogP contribution in [-0.4, -0.2) is 30.3 Å². The molecule has 52 heavy (non-hydrogen) atoms. The number of benzene rings is 5. The molecule has 3 amide bonds.